The normalized spacial score (nSPS) is 12.4. The van der Waals surface area contributed by atoms with E-state index in [-0.39, 0.29) is 36.2 Å². The van der Waals surface area contributed by atoms with Crippen LogP contribution in [0.3, 0.4) is 0 Å². The number of unbranched alkanes of at least 4 members (excludes halogenated alkanes) is 11. The van der Waals surface area contributed by atoms with Crippen LogP contribution in [0.2, 0.25) is 0 Å². The van der Waals surface area contributed by atoms with Gasteiger partial charge in [0.2, 0.25) is 0 Å². The van der Waals surface area contributed by atoms with Crippen molar-refractivity contribution in [2.24, 2.45) is 0 Å². The number of carbonyl (C=O) groups excluding carboxylic acids is 1. The molecule has 0 rings (SSSR count). The molecule has 0 aliphatic heterocycles. The molecule has 1 atom stereocenters. The van der Waals surface area contributed by atoms with Gasteiger partial charge in [0.25, 0.3) is 0 Å². The zero-order valence-corrected chi connectivity index (χ0v) is 16.1. The van der Waals surface area contributed by atoms with E-state index in [1.807, 2.05) is 0 Å². The molecule has 0 radical (unpaired) electrons. The molecule has 0 spiro atoms. The second kappa shape index (κ2) is 18.7. The average Bonchev–Trinajstić information content (AvgIpc) is 2.57. The van der Waals surface area contributed by atoms with Gasteiger partial charge in [0.05, 0.1) is 13.2 Å². The molecule has 0 aromatic rings. The molecule has 0 amide bonds. The predicted molar refractivity (Wildman–Crippen MR) is 102 cm³/mol. The van der Waals surface area contributed by atoms with Crippen molar-refractivity contribution in [3.8, 4) is 0 Å². The van der Waals surface area contributed by atoms with E-state index in [4.69, 9.17) is 10.2 Å². The molecule has 0 saturated heterocycles. The fraction of sp³-hybridized carbons (Fsp3) is 0.941. The Bertz CT molecular complexity index is 429. The first-order valence-corrected chi connectivity index (χ1v) is 10.7. The Morgan fingerprint density at radius 1 is 0.885 bits per heavy atom. The predicted octanol–water partition coefficient (Wildman–Crippen LogP) is 2.20. The van der Waals surface area contributed by atoms with Crippen molar-refractivity contribution in [2.45, 2.75) is 90.1 Å². The van der Waals surface area contributed by atoms with E-state index in [1.54, 1.807) is 0 Å². The van der Waals surface area contributed by atoms with E-state index in [1.165, 1.54) is 51.4 Å². The standard InChI is InChI=1S/C17H34O7S.Na.H/c1-2-3-4-5-6-7-8-9-10-11-12-13-14-23-25(21,22)24-17(20)16(19)15-18;;/h16,18-19H,2-15H2,1H3;;. The van der Waals surface area contributed by atoms with Gasteiger partial charge in [0.15, 0.2) is 6.10 Å². The average molecular weight is 407 g/mol. The summed E-state index contributed by atoms with van der Waals surface area (Å²) in [6.07, 6.45) is 12.0. The van der Waals surface area contributed by atoms with E-state index >= 15 is 0 Å². The van der Waals surface area contributed by atoms with Crippen molar-refractivity contribution in [1.82, 2.24) is 0 Å². The molecule has 0 aliphatic rings. The molecular weight excluding hydrogens is 371 g/mol. The van der Waals surface area contributed by atoms with Crippen molar-refractivity contribution in [1.29, 1.82) is 0 Å². The molecule has 26 heavy (non-hydrogen) atoms. The van der Waals surface area contributed by atoms with Crippen LogP contribution in [0.15, 0.2) is 0 Å². The molecular formula is C17H35NaO7S. The summed E-state index contributed by atoms with van der Waals surface area (Å²) in [4.78, 5) is 11.0. The summed E-state index contributed by atoms with van der Waals surface area (Å²) in [5.41, 5.74) is 0. The molecule has 0 aromatic heterocycles. The second-order valence-corrected chi connectivity index (χ2v) is 7.44. The summed E-state index contributed by atoms with van der Waals surface area (Å²) < 4.78 is 31.1. The van der Waals surface area contributed by atoms with Crippen LogP contribution in [0, 0.1) is 0 Å². The molecule has 9 heteroatoms. The minimum absolute atomic E-state index is 0. The first-order chi connectivity index (χ1) is 11.9. The molecule has 0 heterocycles. The third-order valence-electron chi connectivity index (χ3n) is 3.85. The van der Waals surface area contributed by atoms with Crippen LogP contribution < -0.4 is 0 Å². The number of hydrogen-bond acceptors (Lipinski definition) is 7. The monoisotopic (exact) mass is 406 g/mol. The second-order valence-electron chi connectivity index (χ2n) is 6.22. The van der Waals surface area contributed by atoms with Gasteiger partial charge in [-0.05, 0) is 6.42 Å². The fourth-order valence-corrected chi connectivity index (χ4v) is 3.04. The number of aliphatic hydroxyl groups excluding tert-OH is 2. The minimum atomic E-state index is -4.47. The maximum atomic E-state index is 11.3. The van der Waals surface area contributed by atoms with E-state index in [9.17, 15) is 13.2 Å². The van der Waals surface area contributed by atoms with Crippen molar-refractivity contribution in [3.05, 3.63) is 0 Å². The Morgan fingerprint density at radius 2 is 1.31 bits per heavy atom. The third kappa shape index (κ3) is 17.7. The van der Waals surface area contributed by atoms with Crippen LogP contribution in [-0.4, -0.2) is 73.5 Å². The van der Waals surface area contributed by atoms with Crippen LogP contribution >= 0.6 is 0 Å². The van der Waals surface area contributed by atoms with Crippen molar-refractivity contribution >= 4 is 45.9 Å². The van der Waals surface area contributed by atoms with Gasteiger partial charge in [-0.1, -0.05) is 77.6 Å². The quantitative estimate of drug-likeness (QED) is 0.281. The Hall–Kier alpha value is 0.300. The van der Waals surface area contributed by atoms with Crippen LogP contribution in [-0.2, 0) is 23.6 Å². The van der Waals surface area contributed by atoms with Crippen LogP contribution in [0.5, 0.6) is 0 Å². The Morgan fingerprint density at radius 3 is 1.73 bits per heavy atom. The van der Waals surface area contributed by atoms with Crippen LogP contribution in [0.25, 0.3) is 0 Å². The molecule has 2 N–H and O–H groups in total. The SMILES string of the molecule is CCCCCCCCCCCCCCOS(=O)(=O)OC(=O)C(O)CO.[NaH]. The molecule has 0 bridgehead atoms. The number of rotatable bonds is 17. The van der Waals surface area contributed by atoms with Gasteiger partial charge >= 0.3 is 45.9 Å². The van der Waals surface area contributed by atoms with Gasteiger partial charge < -0.3 is 14.4 Å². The summed E-state index contributed by atoms with van der Waals surface area (Å²) in [7, 11) is -4.47. The van der Waals surface area contributed by atoms with Crippen molar-refractivity contribution < 1.29 is 31.8 Å². The van der Waals surface area contributed by atoms with Gasteiger partial charge in [-0.3, -0.25) is 0 Å². The van der Waals surface area contributed by atoms with Gasteiger partial charge in [-0.2, -0.15) is 8.42 Å². The van der Waals surface area contributed by atoms with Gasteiger partial charge in [-0.15, -0.1) is 0 Å². The summed E-state index contributed by atoms with van der Waals surface area (Å²) in [6.45, 7) is 1.24. The molecule has 0 fully saturated rings. The molecule has 1 unspecified atom stereocenters. The maximum absolute atomic E-state index is 11.3. The number of carbonyl (C=O) groups is 1. The zero-order valence-electron chi connectivity index (χ0n) is 15.3. The summed E-state index contributed by atoms with van der Waals surface area (Å²) in [6, 6.07) is 0. The molecule has 0 aliphatic carbocycles. The number of aliphatic hydroxyl groups is 2. The Balaban J connectivity index is 0. The molecule has 7 nitrogen and oxygen atoms in total. The Kier molecular flexibility index (Phi) is 20.5. The molecule has 0 saturated carbocycles. The number of hydrogen-bond donors (Lipinski definition) is 2. The van der Waals surface area contributed by atoms with Gasteiger partial charge in [0, 0.05) is 0 Å². The van der Waals surface area contributed by atoms with Crippen molar-refractivity contribution in [3.63, 3.8) is 0 Å². The van der Waals surface area contributed by atoms with E-state index < -0.39 is 29.1 Å². The summed E-state index contributed by atoms with van der Waals surface area (Å²) >= 11 is 0. The third-order valence-corrected chi connectivity index (χ3v) is 4.68. The summed E-state index contributed by atoms with van der Waals surface area (Å²) in [5, 5.41) is 17.4. The van der Waals surface area contributed by atoms with Crippen LogP contribution in [0.4, 0.5) is 0 Å². The Labute approximate surface area is 180 Å². The first-order valence-electron chi connectivity index (χ1n) is 9.34. The van der Waals surface area contributed by atoms with Gasteiger partial charge in [0.1, 0.15) is 0 Å². The van der Waals surface area contributed by atoms with E-state index in [2.05, 4.69) is 15.3 Å². The fourth-order valence-electron chi connectivity index (χ4n) is 2.36. The van der Waals surface area contributed by atoms with Crippen LogP contribution in [0.1, 0.15) is 84.0 Å². The zero-order chi connectivity index (χ0) is 19.0. The summed E-state index contributed by atoms with van der Waals surface area (Å²) in [5.74, 6) is -1.45. The van der Waals surface area contributed by atoms with Crippen molar-refractivity contribution in [2.75, 3.05) is 13.2 Å². The molecule has 152 valence electrons. The van der Waals surface area contributed by atoms with Gasteiger partial charge in [-0.25, -0.2) is 8.98 Å². The van der Waals surface area contributed by atoms with E-state index in [0.717, 1.165) is 19.3 Å². The topological polar surface area (TPSA) is 110 Å². The molecule has 0 aromatic carbocycles. The first kappa shape index (κ1) is 28.5. The van der Waals surface area contributed by atoms with E-state index in [0.29, 0.717) is 6.42 Å².